The minimum absolute atomic E-state index is 0.256. The van der Waals surface area contributed by atoms with Gasteiger partial charge in [0.2, 0.25) is 5.91 Å². The minimum atomic E-state index is 0.256. The number of carbonyl (C=O) groups is 1. The topological polar surface area (TPSA) is 38.3 Å². The number of carbonyl (C=O) groups excluding carboxylic acids is 1. The molecule has 2 rings (SSSR count). The summed E-state index contributed by atoms with van der Waals surface area (Å²) in [6, 6.07) is 0. The van der Waals surface area contributed by atoms with Crippen LogP contribution in [-0.2, 0) is 9.53 Å². The zero-order valence-electron chi connectivity index (χ0n) is 11.7. The van der Waals surface area contributed by atoms with Crippen molar-refractivity contribution in [2.45, 2.75) is 44.9 Å². The molecular weight excluding hydrogens is 306 g/mol. The molecular formula is C15H26BrNO2. The summed E-state index contributed by atoms with van der Waals surface area (Å²) in [7, 11) is 0. The first-order chi connectivity index (χ1) is 9.31. The Morgan fingerprint density at radius 1 is 1.11 bits per heavy atom. The van der Waals surface area contributed by atoms with E-state index in [0.29, 0.717) is 19.8 Å². The summed E-state index contributed by atoms with van der Waals surface area (Å²) in [5, 5.41) is 3.88. The van der Waals surface area contributed by atoms with Crippen molar-refractivity contribution in [1.82, 2.24) is 5.32 Å². The van der Waals surface area contributed by atoms with Gasteiger partial charge in [0.15, 0.2) is 0 Å². The second-order valence-electron chi connectivity index (χ2n) is 5.91. The van der Waals surface area contributed by atoms with E-state index >= 15 is 0 Å². The molecule has 110 valence electrons. The Morgan fingerprint density at radius 3 is 2.68 bits per heavy atom. The van der Waals surface area contributed by atoms with Crippen LogP contribution in [0, 0.1) is 17.8 Å². The number of fused-ring (bicyclic) bond motifs is 1. The van der Waals surface area contributed by atoms with Crippen molar-refractivity contribution in [2.24, 2.45) is 17.8 Å². The molecule has 1 N–H and O–H groups in total. The number of nitrogens with one attached hydrogen (secondary N) is 1. The Labute approximate surface area is 125 Å². The predicted octanol–water partition coefficient (Wildman–Crippen LogP) is 3.12. The number of halogens is 1. The Hall–Kier alpha value is -0.0900. The van der Waals surface area contributed by atoms with E-state index in [4.69, 9.17) is 4.74 Å². The molecule has 0 aromatic rings. The van der Waals surface area contributed by atoms with Crippen LogP contribution in [-0.4, -0.2) is 31.0 Å². The molecule has 0 heterocycles. The van der Waals surface area contributed by atoms with Gasteiger partial charge < -0.3 is 10.1 Å². The van der Waals surface area contributed by atoms with Crippen LogP contribution in [0.2, 0.25) is 0 Å². The van der Waals surface area contributed by atoms with Gasteiger partial charge in [0.1, 0.15) is 0 Å². The highest BCUT2D eigenvalue weighted by Gasteiger charge is 2.34. The average molecular weight is 332 g/mol. The van der Waals surface area contributed by atoms with E-state index in [9.17, 15) is 4.79 Å². The van der Waals surface area contributed by atoms with Crippen LogP contribution in [0.3, 0.4) is 0 Å². The van der Waals surface area contributed by atoms with E-state index in [1.807, 2.05) is 0 Å². The van der Waals surface area contributed by atoms with Crippen molar-refractivity contribution >= 4 is 21.8 Å². The van der Waals surface area contributed by atoms with Gasteiger partial charge in [-0.1, -0.05) is 41.6 Å². The molecule has 0 aromatic heterocycles. The smallest absolute Gasteiger partial charge is 0.223 e. The highest BCUT2D eigenvalue weighted by Crippen LogP contribution is 2.42. The lowest BCUT2D eigenvalue weighted by Gasteiger charge is -2.38. The number of ether oxygens (including phenoxy) is 1. The average Bonchev–Trinajstić information content (AvgIpc) is 2.46. The molecule has 2 saturated carbocycles. The summed E-state index contributed by atoms with van der Waals surface area (Å²) in [5.41, 5.74) is 0. The molecule has 0 bridgehead atoms. The maximum absolute atomic E-state index is 12.1. The third kappa shape index (κ3) is 4.75. The SMILES string of the molecule is O=C(NCCOCCBr)C1CCC2CCCCC2C1. The fourth-order valence-electron chi connectivity index (χ4n) is 3.66. The summed E-state index contributed by atoms with van der Waals surface area (Å²) in [6.45, 7) is 1.98. The molecule has 2 aliphatic rings. The van der Waals surface area contributed by atoms with Crippen LogP contribution >= 0.6 is 15.9 Å². The molecule has 3 unspecified atom stereocenters. The Kier molecular flexibility index (Phi) is 6.65. The zero-order valence-corrected chi connectivity index (χ0v) is 13.3. The number of rotatable bonds is 6. The van der Waals surface area contributed by atoms with Crippen LogP contribution in [0.4, 0.5) is 0 Å². The summed E-state index contributed by atoms with van der Waals surface area (Å²) in [4.78, 5) is 12.1. The first-order valence-corrected chi connectivity index (χ1v) is 8.85. The van der Waals surface area contributed by atoms with E-state index in [-0.39, 0.29) is 11.8 Å². The molecule has 0 spiro atoms. The van der Waals surface area contributed by atoms with Crippen molar-refractivity contribution in [3.63, 3.8) is 0 Å². The number of hydrogen-bond acceptors (Lipinski definition) is 2. The van der Waals surface area contributed by atoms with E-state index in [1.165, 1.54) is 32.1 Å². The first-order valence-electron chi connectivity index (χ1n) is 7.72. The third-order valence-corrected chi connectivity index (χ3v) is 5.00. The van der Waals surface area contributed by atoms with Crippen molar-refractivity contribution in [3.8, 4) is 0 Å². The maximum atomic E-state index is 12.1. The van der Waals surface area contributed by atoms with E-state index in [0.717, 1.165) is 30.0 Å². The van der Waals surface area contributed by atoms with Gasteiger partial charge in [-0.25, -0.2) is 0 Å². The minimum Gasteiger partial charge on any atom is -0.379 e. The predicted molar refractivity (Wildman–Crippen MR) is 80.4 cm³/mol. The van der Waals surface area contributed by atoms with Crippen LogP contribution in [0.15, 0.2) is 0 Å². The molecule has 19 heavy (non-hydrogen) atoms. The van der Waals surface area contributed by atoms with Crippen molar-refractivity contribution in [2.75, 3.05) is 25.1 Å². The molecule has 3 nitrogen and oxygen atoms in total. The summed E-state index contributed by atoms with van der Waals surface area (Å²) < 4.78 is 5.34. The highest BCUT2D eigenvalue weighted by atomic mass is 79.9. The Morgan fingerprint density at radius 2 is 1.89 bits per heavy atom. The first kappa shape index (κ1) is 15.3. The summed E-state index contributed by atoms with van der Waals surface area (Å²) in [5.74, 6) is 2.25. The van der Waals surface area contributed by atoms with E-state index < -0.39 is 0 Å². The lowest BCUT2D eigenvalue weighted by molar-refractivity contribution is -0.127. The van der Waals surface area contributed by atoms with Crippen LogP contribution < -0.4 is 5.32 Å². The molecule has 0 radical (unpaired) electrons. The van der Waals surface area contributed by atoms with E-state index in [2.05, 4.69) is 21.2 Å². The van der Waals surface area contributed by atoms with Gasteiger partial charge in [0.25, 0.3) is 0 Å². The molecule has 0 aromatic carbocycles. The van der Waals surface area contributed by atoms with Crippen molar-refractivity contribution in [3.05, 3.63) is 0 Å². The third-order valence-electron chi connectivity index (χ3n) is 4.68. The zero-order chi connectivity index (χ0) is 13.5. The fourth-order valence-corrected chi connectivity index (χ4v) is 3.89. The molecule has 3 atom stereocenters. The van der Waals surface area contributed by atoms with Crippen LogP contribution in [0.25, 0.3) is 0 Å². The van der Waals surface area contributed by atoms with Gasteiger partial charge in [-0.3, -0.25) is 4.79 Å². The van der Waals surface area contributed by atoms with Gasteiger partial charge in [0.05, 0.1) is 13.2 Å². The van der Waals surface area contributed by atoms with Crippen LogP contribution in [0.1, 0.15) is 44.9 Å². The van der Waals surface area contributed by atoms with Gasteiger partial charge >= 0.3 is 0 Å². The Bertz CT molecular complexity index is 285. The van der Waals surface area contributed by atoms with Gasteiger partial charge in [-0.15, -0.1) is 0 Å². The van der Waals surface area contributed by atoms with Crippen LogP contribution in [0.5, 0.6) is 0 Å². The van der Waals surface area contributed by atoms with Crippen molar-refractivity contribution in [1.29, 1.82) is 0 Å². The van der Waals surface area contributed by atoms with Gasteiger partial charge in [0, 0.05) is 17.8 Å². The highest BCUT2D eigenvalue weighted by molar-refractivity contribution is 9.09. The van der Waals surface area contributed by atoms with Crippen molar-refractivity contribution < 1.29 is 9.53 Å². The lowest BCUT2D eigenvalue weighted by Crippen LogP contribution is -2.38. The molecule has 0 aliphatic heterocycles. The monoisotopic (exact) mass is 331 g/mol. The lowest BCUT2D eigenvalue weighted by atomic mass is 9.67. The normalized spacial score (nSPS) is 30.7. The van der Waals surface area contributed by atoms with Gasteiger partial charge in [-0.2, -0.15) is 0 Å². The molecule has 1 amide bonds. The molecule has 2 aliphatic carbocycles. The second-order valence-corrected chi connectivity index (χ2v) is 6.70. The molecule has 2 fully saturated rings. The Balaban J connectivity index is 1.65. The summed E-state index contributed by atoms with van der Waals surface area (Å²) in [6.07, 6.45) is 9.01. The maximum Gasteiger partial charge on any atom is 0.223 e. The standard InChI is InChI=1S/C15H26BrNO2/c16-7-9-19-10-8-17-15(18)14-6-5-12-3-1-2-4-13(12)11-14/h12-14H,1-11H2,(H,17,18). The molecule has 0 saturated heterocycles. The second kappa shape index (κ2) is 8.25. The summed E-state index contributed by atoms with van der Waals surface area (Å²) >= 11 is 3.31. The number of hydrogen-bond donors (Lipinski definition) is 1. The number of amides is 1. The largest absolute Gasteiger partial charge is 0.379 e. The fraction of sp³-hybridized carbons (Fsp3) is 0.933. The number of alkyl halides is 1. The van der Waals surface area contributed by atoms with E-state index in [1.54, 1.807) is 0 Å². The van der Waals surface area contributed by atoms with Gasteiger partial charge in [-0.05, 0) is 31.1 Å². The molecule has 4 heteroatoms. The quantitative estimate of drug-likeness (QED) is 0.599.